The summed E-state index contributed by atoms with van der Waals surface area (Å²) >= 11 is 0. The van der Waals surface area contributed by atoms with E-state index < -0.39 is 17.2 Å². The van der Waals surface area contributed by atoms with Crippen LogP contribution in [0.1, 0.15) is 47.2 Å². The first-order valence-electron chi connectivity index (χ1n) is 12.6. The Morgan fingerprint density at radius 1 is 1.08 bits per heavy atom. The average Bonchev–Trinajstić information content (AvgIpc) is 3.36. The fraction of sp³-hybridized carbons (Fsp3) is 0.267. The van der Waals surface area contributed by atoms with Gasteiger partial charge in [-0.15, -0.1) is 5.10 Å². The largest absolute Gasteiger partial charge is 0.434 e. The van der Waals surface area contributed by atoms with Crippen LogP contribution in [0.4, 0.5) is 8.78 Å². The van der Waals surface area contributed by atoms with Crippen molar-refractivity contribution in [2.75, 3.05) is 13.1 Å². The van der Waals surface area contributed by atoms with Gasteiger partial charge in [0.25, 0.3) is 5.89 Å². The fourth-order valence-corrected chi connectivity index (χ4v) is 5.35. The highest BCUT2D eigenvalue weighted by Crippen LogP contribution is 2.43. The number of halogens is 2. The number of H-pyrrole nitrogens is 1. The van der Waals surface area contributed by atoms with E-state index in [9.17, 15) is 19.7 Å². The van der Waals surface area contributed by atoms with Gasteiger partial charge in [-0.25, -0.2) is 18.7 Å². The Morgan fingerprint density at radius 2 is 1.79 bits per heavy atom. The maximum Gasteiger partial charge on any atom is 0.434 e. The van der Waals surface area contributed by atoms with E-state index in [-0.39, 0.29) is 36.3 Å². The van der Waals surface area contributed by atoms with E-state index in [4.69, 9.17) is 4.42 Å². The molecule has 2 atom stereocenters. The molecule has 2 heterocycles. The second-order valence-corrected chi connectivity index (χ2v) is 9.78. The van der Waals surface area contributed by atoms with E-state index in [0.717, 1.165) is 11.1 Å². The third-order valence-corrected chi connectivity index (χ3v) is 7.52. The maximum absolute atomic E-state index is 16.6. The summed E-state index contributed by atoms with van der Waals surface area (Å²) in [5.74, 6) is -2.01. The van der Waals surface area contributed by atoms with E-state index in [1.54, 1.807) is 31.2 Å². The van der Waals surface area contributed by atoms with Crippen molar-refractivity contribution < 1.29 is 13.2 Å². The summed E-state index contributed by atoms with van der Waals surface area (Å²) in [6, 6.07) is 23.0. The highest BCUT2D eigenvalue weighted by atomic mass is 19.1. The van der Waals surface area contributed by atoms with Crippen molar-refractivity contribution in [1.29, 1.82) is 10.5 Å². The number of aromatic amines is 1. The van der Waals surface area contributed by atoms with Crippen LogP contribution in [0.3, 0.4) is 0 Å². The van der Waals surface area contributed by atoms with Crippen LogP contribution in [0.15, 0.2) is 75.9 Å². The Hall–Kier alpha value is -4.60. The van der Waals surface area contributed by atoms with Gasteiger partial charge >= 0.3 is 5.76 Å². The molecule has 3 aromatic carbocycles. The first kappa shape index (κ1) is 26.0. The number of nitrogens with one attached hydrogen (secondary N) is 1. The quantitative estimate of drug-likeness (QED) is 0.335. The van der Waals surface area contributed by atoms with E-state index in [1.807, 2.05) is 30.3 Å². The number of alkyl halides is 1. The molecule has 1 saturated heterocycles. The van der Waals surface area contributed by atoms with Gasteiger partial charge in [-0.3, -0.25) is 4.90 Å². The maximum atomic E-state index is 16.6. The molecule has 0 bridgehead atoms. The van der Waals surface area contributed by atoms with Crippen LogP contribution in [0.2, 0.25) is 0 Å². The van der Waals surface area contributed by atoms with Gasteiger partial charge in [0, 0.05) is 25.4 Å². The van der Waals surface area contributed by atoms with Gasteiger partial charge in [-0.05, 0) is 53.4 Å². The normalized spacial score (nSPS) is 16.0. The minimum absolute atomic E-state index is 0.0220. The topological polar surface area (TPSA) is 110 Å². The molecule has 0 spiro atoms. The molecule has 0 aliphatic carbocycles. The Balaban J connectivity index is 1.42. The van der Waals surface area contributed by atoms with Gasteiger partial charge in [0.1, 0.15) is 11.5 Å². The third-order valence-electron chi connectivity index (χ3n) is 7.52. The summed E-state index contributed by atoms with van der Waals surface area (Å²) in [5, 5.41) is 24.5. The SMILES string of the molecule is CC[C@](F)(Cc1cccc(F)c1-c1n[nH]c(=O)o1)C1CN([C@@H](c2ccc(C#N)cc2)c2cccc(C#N)c2)C1. The van der Waals surface area contributed by atoms with Gasteiger partial charge in [0.05, 0.1) is 34.9 Å². The van der Waals surface area contributed by atoms with Crippen LogP contribution < -0.4 is 5.76 Å². The van der Waals surface area contributed by atoms with Crippen molar-refractivity contribution in [3.8, 4) is 23.6 Å². The molecular weight excluding hydrogens is 500 g/mol. The van der Waals surface area contributed by atoms with Gasteiger partial charge in [0.15, 0.2) is 0 Å². The second kappa shape index (κ2) is 10.6. The molecule has 0 amide bonds. The Kier molecular flexibility index (Phi) is 7.10. The molecule has 1 N–H and O–H groups in total. The number of benzene rings is 3. The zero-order valence-corrected chi connectivity index (χ0v) is 21.2. The number of hydrogen-bond donors (Lipinski definition) is 1. The van der Waals surface area contributed by atoms with E-state index in [0.29, 0.717) is 29.8 Å². The van der Waals surface area contributed by atoms with Gasteiger partial charge < -0.3 is 4.42 Å². The van der Waals surface area contributed by atoms with Crippen molar-refractivity contribution in [1.82, 2.24) is 15.1 Å². The van der Waals surface area contributed by atoms with E-state index in [1.165, 1.54) is 12.1 Å². The average molecular weight is 526 g/mol. The predicted octanol–water partition coefficient (Wildman–Crippen LogP) is 5.29. The van der Waals surface area contributed by atoms with Crippen LogP contribution in [-0.2, 0) is 6.42 Å². The molecule has 4 aromatic rings. The lowest BCUT2D eigenvalue weighted by molar-refractivity contribution is -0.0453. The molecule has 7 nitrogen and oxygen atoms in total. The standard InChI is InChI=1S/C30H25F2N5O2/c1-2-30(32,14-23-7-4-8-25(31)26(23)28-35-36-29(38)39-28)24-17-37(18-24)27(21-11-9-19(15-33)10-12-21)22-6-3-5-20(13-22)16-34/h3-13,24,27H,2,14,17-18H2,1H3,(H,36,38)/t27-,30-/m0/s1. The lowest BCUT2D eigenvalue weighted by Crippen LogP contribution is -2.57. The summed E-state index contributed by atoms with van der Waals surface area (Å²) < 4.78 is 36.4. The van der Waals surface area contributed by atoms with Crippen LogP contribution >= 0.6 is 0 Å². The highest BCUT2D eigenvalue weighted by Gasteiger charge is 2.47. The van der Waals surface area contributed by atoms with Crippen molar-refractivity contribution in [3.63, 3.8) is 0 Å². The molecule has 39 heavy (non-hydrogen) atoms. The van der Waals surface area contributed by atoms with Crippen LogP contribution in [0.25, 0.3) is 11.5 Å². The molecule has 196 valence electrons. The number of nitriles is 2. The summed E-state index contributed by atoms with van der Waals surface area (Å²) in [4.78, 5) is 13.6. The fourth-order valence-electron chi connectivity index (χ4n) is 5.35. The lowest BCUT2D eigenvalue weighted by Gasteiger charge is -2.50. The first-order valence-corrected chi connectivity index (χ1v) is 12.6. The lowest BCUT2D eigenvalue weighted by atomic mass is 9.75. The zero-order chi connectivity index (χ0) is 27.6. The molecular formula is C30H25F2N5O2. The summed E-state index contributed by atoms with van der Waals surface area (Å²) in [6.45, 7) is 2.65. The summed E-state index contributed by atoms with van der Waals surface area (Å²) in [7, 11) is 0. The van der Waals surface area contributed by atoms with Crippen molar-refractivity contribution >= 4 is 0 Å². The van der Waals surface area contributed by atoms with Gasteiger partial charge in [-0.1, -0.05) is 43.3 Å². The number of rotatable bonds is 8. The van der Waals surface area contributed by atoms with Crippen molar-refractivity contribution in [3.05, 3.63) is 111 Å². The monoisotopic (exact) mass is 525 g/mol. The molecule has 1 aromatic heterocycles. The molecule has 0 saturated carbocycles. The molecule has 9 heteroatoms. The summed E-state index contributed by atoms with van der Waals surface area (Å²) in [5.41, 5.74) is 1.60. The minimum atomic E-state index is -1.65. The predicted molar refractivity (Wildman–Crippen MR) is 140 cm³/mol. The number of hydrogen-bond acceptors (Lipinski definition) is 6. The van der Waals surface area contributed by atoms with Crippen LogP contribution in [-0.4, -0.2) is 33.9 Å². The number of likely N-dealkylation sites (tertiary alicyclic amines) is 1. The van der Waals surface area contributed by atoms with E-state index in [2.05, 4.69) is 27.2 Å². The van der Waals surface area contributed by atoms with Crippen LogP contribution in [0.5, 0.6) is 0 Å². The number of aromatic nitrogens is 2. The first-order chi connectivity index (χ1) is 18.8. The Bertz CT molecular complexity index is 1630. The molecule has 1 aliphatic heterocycles. The molecule has 1 fully saturated rings. The zero-order valence-electron chi connectivity index (χ0n) is 21.2. The van der Waals surface area contributed by atoms with Crippen molar-refractivity contribution in [2.45, 2.75) is 31.5 Å². The van der Waals surface area contributed by atoms with E-state index >= 15 is 4.39 Å². The molecule has 1 aliphatic rings. The third kappa shape index (κ3) is 5.09. The smallest absolute Gasteiger partial charge is 0.388 e. The molecule has 0 radical (unpaired) electrons. The van der Waals surface area contributed by atoms with Crippen LogP contribution in [0, 0.1) is 34.4 Å². The number of nitrogens with zero attached hydrogens (tertiary/aromatic N) is 4. The molecule has 5 rings (SSSR count). The van der Waals surface area contributed by atoms with Crippen molar-refractivity contribution in [2.24, 2.45) is 5.92 Å². The second-order valence-electron chi connectivity index (χ2n) is 9.78. The molecule has 0 unspecified atom stereocenters. The Morgan fingerprint density at radius 3 is 2.44 bits per heavy atom. The highest BCUT2D eigenvalue weighted by molar-refractivity contribution is 5.59. The van der Waals surface area contributed by atoms with Gasteiger partial charge in [0.2, 0.25) is 0 Å². The van der Waals surface area contributed by atoms with Gasteiger partial charge in [-0.2, -0.15) is 10.5 Å². The minimum Gasteiger partial charge on any atom is -0.388 e. The Labute approximate surface area is 223 Å². The summed E-state index contributed by atoms with van der Waals surface area (Å²) in [6.07, 6.45) is 0.133.